The first-order valence-corrected chi connectivity index (χ1v) is 9.72. The van der Waals surface area contributed by atoms with Crippen molar-refractivity contribution in [3.05, 3.63) is 29.8 Å². The maximum atomic E-state index is 5.94. The molecule has 0 spiro atoms. The molecule has 0 aliphatic heterocycles. The zero-order valence-electron chi connectivity index (χ0n) is 9.26. The van der Waals surface area contributed by atoms with E-state index in [1.807, 2.05) is 18.7 Å². The average Bonchev–Trinajstić information content (AvgIpc) is 2.14. The summed E-state index contributed by atoms with van der Waals surface area (Å²) in [5.41, 5.74) is 1.30. The summed E-state index contributed by atoms with van der Waals surface area (Å²) in [7, 11) is 0. The fourth-order valence-electron chi connectivity index (χ4n) is 1.16. The van der Waals surface area contributed by atoms with Crippen molar-refractivity contribution in [2.75, 3.05) is 6.23 Å². The van der Waals surface area contributed by atoms with Gasteiger partial charge in [0, 0.05) is 0 Å². The van der Waals surface area contributed by atoms with Crippen LogP contribution in [-0.4, -0.2) is 12.9 Å². The van der Waals surface area contributed by atoms with Gasteiger partial charge in [-0.1, -0.05) is 26.0 Å². The molecule has 0 N–H and O–H groups in total. The third kappa shape index (κ3) is 4.91. The molecule has 15 heavy (non-hydrogen) atoms. The van der Waals surface area contributed by atoms with Gasteiger partial charge in [0.2, 0.25) is 0 Å². The highest BCUT2D eigenvalue weighted by atomic mass is 35.7. The van der Waals surface area contributed by atoms with Crippen molar-refractivity contribution in [3.8, 4) is 5.75 Å². The lowest BCUT2D eigenvalue weighted by molar-refractivity contribution is 0.382. The fraction of sp³-hybridized carbons (Fsp3) is 0.455. The van der Waals surface area contributed by atoms with Crippen molar-refractivity contribution in [1.29, 1.82) is 0 Å². The van der Waals surface area contributed by atoms with Gasteiger partial charge in [-0.3, -0.25) is 0 Å². The van der Waals surface area contributed by atoms with Crippen molar-refractivity contribution < 1.29 is 4.74 Å². The molecular formula is C11H16Cl2OSi. The summed E-state index contributed by atoms with van der Waals surface area (Å²) < 4.78 is 5.50. The monoisotopic (exact) mass is 262 g/mol. The van der Waals surface area contributed by atoms with Gasteiger partial charge >= 0.3 is 0 Å². The second-order valence-electron chi connectivity index (χ2n) is 4.08. The quantitative estimate of drug-likeness (QED) is 0.582. The SMILES string of the molecule is CC(C)c1ccc(OC[Si](C)(Cl)Cl)cc1. The molecule has 0 unspecified atom stereocenters. The Kier molecular flexibility index (Phi) is 4.50. The third-order valence-electron chi connectivity index (χ3n) is 2.04. The standard InChI is InChI=1S/C11H16Cl2OSi/c1-9(2)10-4-6-11(7-5-10)14-8-15(3,12)13/h4-7,9H,8H2,1-3H3. The first kappa shape index (κ1) is 12.9. The second kappa shape index (κ2) is 5.24. The van der Waals surface area contributed by atoms with Crippen LogP contribution in [0.2, 0.25) is 6.55 Å². The van der Waals surface area contributed by atoms with E-state index in [2.05, 4.69) is 26.0 Å². The van der Waals surface area contributed by atoms with Crippen LogP contribution < -0.4 is 4.74 Å². The highest BCUT2D eigenvalue weighted by Crippen LogP contribution is 2.20. The van der Waals surface area contributed by atoms with Crippen molar-refractivity contribution >= 4 is 28.9 Å². The number of benzene rings is 1. The number of halogens is 2. The molecule has 4 heteroatoms. The van der Waals surface area contributed by atoms with Gasteiger partial charge in [-0.25, -0.2) is 0 Å². The van der Waals surface area contributed by atoms with Crippen LogP contribution in [-0.2, 0) is 0 Å². The average molecular weight is 263 g/mol. The summed E-state index contributed by atoms with van der Waals surface area (Å²) >= 11 is 11.9. The molecule has 0 bridgehead atoms. The van der Waals surface area contributed by atoms with Gasteiger partial charge in [-0.05, 0) is 30.2 Å². The molecule has 0 heterocycles. The van der Waals surface area contributed by atoms with E-state index in [1.165, 1.54) is 5.56 Å². The van der Waals surface area contributed by atoms with Crippen LogP contribution in [0.15, 0.2) is 24.3 Å². The highest BCUT2D eigenvalue weighted by molar-refractivity contribution is 7.44. The van der Waals surface area contributed by atoms with Gasteiger partial charge in [-0.15, -0.1) is 22.2 Å². The lowest BCUT2D eigenvalue weighted by Crippen LogP contribution is -2.24. The largest absolute Gasteiger partial charge is 0.494 e. The van der Waals surface area contributed by atoms with Gasteiger partial charge in [0.25, 0.3) is 6.69 Å². The van der Waals surface area contributed by atoms with Gasteiger partial charge in [0.05, 0.1) is 0 Å². The van der Waals surface area contributed by atoms with Crippen LogP contribution in [0.4, 0.5) is 0 Å². The molecule has 0 amide bonds. The Balaban J connectivity index is 2.57. The molecule has 0 radical (unpaired) electrons. The number of ether oxygens (including phenoxy) is 1. The summed E-state index contributed by atoms with van der Waals surface area (Å²) in [6.07, 6.45) is 0.428. The second-order valence-corrected chi connectivity index (χ2v) is 12.1. The van der Waals surface area contributed by atoms with E-state index >= 15 is 0 Å². The molecule has 84 valence electrons. The smallest absolute Gasteiger partial charge is 0.285 e. The molecule has 1 rings (SSSR count). The molecule has 0 aliphatic rings. The minimum atomic E-state index is -2.15. The molecule has 0 atom stereocenters. The lowest BCUT2D eigenvalue weighted by Gasteiger charge is -2.13. The van der Waals surface area contributed by atoms with E-state index in [1.54, 1.807) is 0 Å². The predicted molar refractivity (Wildman–Crippen MR) is 69.4 cm³/mol. The van der Waals surface area contributed by atoms with Crippen molar-refractivity contribution in [3.63, 3.8) is 0 Å². The van der Waals surface area contributed by atoms with Crippen LogP contribution in [0.1, 0.15) is 25.3 Å². The van der Waals surface area contributed by atoms with Crippen molar-refractivity contribution in [2.24, 2.45) is 0 Å². The first-order chi connectivity index (χ1) is 6.88. The van der Waals surface area contributed by atoms with E-state index < -0.39 is 6.69 Å². The first-order valence-electron chi connectivity index (χ1n) is 4.99. The highest BCUT2D eigenvalue weighted by Gasteiger charge is 2.21. The topological polar surface area (TPSA) is 9.23 Å². The predicted octanol–water partition coefficient (Wildman–Crippen LogP) is 4.28. The molecule has 0 aliphatic carbocycles. The van der Waals surface area contributed by atoms with E-state index in [4.69, 9.17) is 26.9 Å². The maximum absolute atomic E-state index is 5.94. The van der Waals surface area contributed by atoms with E-state index in [0.717, 1.165) is 5.75 Å². The van der Waals surface area contributed by atoms with Crippen molar-refractivity contribution in [1.82, 2.24) is 0 Å². The van der Waals surface area contributed by atoms with E-state index in [0.29, 0.717) is 12.1 Å². The van der Waals surface area contributed by atoms with E-state index in [-0.39, 0.29) is 0 Å². The summed E-state index contributed by atoms with van der Waals surface area (Å²) in [6, 6.07) is 8.06. The van der Waals surface area contributed by atoms with Crippen LogP contribution in [0.3, 0.4) is 0 Å². The molecule has 1 nitrogen and oxygen atoms in total. The van der Waals surface area contributed by atoms with Crippen LogP contribution in [0.5, 0.6) is 5.75 Å². The molecule has 0 saturated heterocycles. The van der Waals surface area contributed by atoms with E-state index in [9.17, 15) is 0 Å². The molecular weight excluding hydrogens is 247 g/mol. The molecule has 0 fully saturated rings. The normalized spacial score (nSPS) is 11.9. The van der Waals surface area contributed by atoms with Gasteiger partial charge in [0.1, 0.15) is 12.0 Å². The maximum Gasteiger partial charge on any atom is 0.285 e. The van der Waals surface area contributed by atoms with Crippen LogP contribution in [0.25, 0.3) is 0 Å². The molecule has 0 aromatic heterocycles. The zero-order chi connectivity index (χ0) is 11.5. The lowest BCUT2D eigenvalue weighted by atomic mass is 10.0. The summed E-state index contributed by atoms with van der Waals surface area (Å²) in [5.74, 6) is 1.37. The summed E-state index contributed by atoms with van der Waals surface area (Å²) in [6.45, 7) is 4.02. The minimum absolute atomic E-state index is 0.428. The molecule has 1 aromatic carbocycles. The molecule has 0 saturated carbocycles. The number of hydrogen-bond acceptors (Lipinski definition) is 1. The van der Waals surface area contributed by atoms with Crippen LogP contribution in [0, 0.1) is 0 Å². The Morgan fingerprint density at radius 2 is 1.73 bits per heavy atom. The molecule has 1 aromatic rings. The Morgan fingerprint density at radius 1 is 1.20 bits per heavy atom. The van der Waals surface area contributed by atoms with Crippen LogP contribution >= 0.6 is 22.2 Å². The Bertz CT molecular complexity index is 303. The number of rotatable bonds is 4. The number of hydrogen-bond donors (Lipinski definition) is 0. The summed E-state index contributed by atoms with van der Waals surface area (Å²) in [4.78, 5) is 0. The van der Waals surface area contributed by atoms with Gasteiger partial charge in [0.15, 0.2) is 0 Å². The Hall–Kier alpha value is -0.183. The summed E-state index contributed by atoms with van der Waals surface area (Å²) in [5, 5.41) is 0. The third-order valence-corrected chi connectivity index (χ3v) is 3.34. The zero-order valence-corrected chi connectivity index (χ0v) is 11.8. The van der Waals surface area contributed by atoms with Gasteiger partial charge < -0.3 is 4.74 Å². The fourth-order valence-corrected chi connectivity index (χ4v) is 1.91. The minimum Gasteiger partial charge on any atom is -0.494 e. The van der Waals surface area contributed by atoms with Crippen molar-refractivity contribution in [2.45, 2.75) is 26.3 Å². The Morgan fingerprint density at radius 3 is 2.13 bits per heavy atom. The van der Waals surface area contributed by atoms with Gasteiger partial charge in [-0.2, -0.15) is 0 Å². The Labute approximate surface area is 102 Å².